The van der Waals surface area contributed by atoms with Gasteiger partial charge in [0.05, 0.1) is 11.4 Å². The Morgan fingerprint density at radius 1 is 1.03 bits per heavy atom. The Labute approximate surface area is 206 Å². The molecule has 0 unspecified atom stereocenters. The predicted molar refractivity (Wildman–Crippen MR) is 131 cm³/mol. The van der Waals surface area contributed by atoms with Crippen LogP contribution < -0.4 is 10.2 Å². The number of ketones is 1. The topological polar surface area (TPSA) is 100 Å². The third-order valence-corrected chi connectivity index (χ3v) is 6.71. The molecule has 1 N–H and O–H groups in total. The number of benzene rings is 2. The van der Waals surface area contributed by atoms with Gasteiger partial charge in [0.2, 0.25) is 5.91 Å². The van der Waals surface area contributed by atoms with Crippen LogP contribution in [0.4, 0.5) is 15.8 Å². The van der Waals surface area contributed by atoms with E-state index in [9.17, 15) is 18.8 Å². The van der Waals surface area contributed by atoms with E-state index in [4.69, 9.17) is 0 Å². The highest BCUT2D eigenvalue weighted by molar-refractivity contribution is 7.99. The molecule has 0 bridgehead atoms. The van der Waals surface area contributed by atoms with Crippen molar-refractivity contribution in [2.75, 3.05) is 42.1 Å². The lowest BCUT2D eigenvalue weighted by atomic mass is 10.1. The highest BCUT2D eigenvalue weighted by Crippen LogP contribution is 2.23. The summed E-state index contributed by atoms with van der Waals surface area (Å²) in [5, 5.41) is 11.2. The van der Waals surface area contributed by atoms with Gasteiger partial charge in [-0.2, -0.15) is 0 Å². The van der Waals surface area contributed by atoms with E-state index in [1.54, 1.807) is 59.2 Å². The summed E-state index contributed by atoms with van der Waals surface area (Å²) in [7, 11) is 1.81. The van der Waals surface area contributed by atoms with Crippen molar-refractivity contribution in [1.82, 2.24) is 19.7 Å². The molecule has 1 fully saturated rings. The summed E-state index contributed by atoms with van der Waals surface area (Å²) in [6.07, 6.45) is 1.57. The fourth-order valence-corrected chi connectivity index (χ4v) is 4.43. The molecule has 1 aliphatic rings. The summed E-state index contributed by atoms with van der Waals surface area (Å²) in [4.78, 5) is 40.2. The van der Waals surface area contributed by atoms with Crippen LogP contribution in [0.15, 0.2) is 53.9 Å². The second kappa shape index (κ2) is 10.7. The fourth-order valence-electron chi connectivity index (χ4n) is 3.74. The molecule has 2 aromatic carbocycles. The molecule has 9 nitrogen and oxygen atoms in total. The van der Waals surface area contributed by atoms with E-state index in [-0.39, 0.29) is 23.4 Å². The van der Waals surface area contributed by atoms with E-state index >= 15 is 0 Å². The molecule has 3 aromatic rings. The fraction of sp³-hybridized carbons (Fsp3) is 0.292. The Balaban J connectivity index is 1.29. The van der Waals surface area contributed by atoms with Crippen LogP contribution >= 0.6 is 11.8 Å². The number of amides is 2. The molecule has 11 heteroatoms. The number of hydrogen-bond acceptors (Lipinski definition) is 7. The van der Waals surface area contributed by atoms with Crippen LogP contribution in [-0.2, 0) is 11.8 Å². The van der Waals surface area contributed by atoms with Crippen molar-refractivity contribution in [2.45, 2.75) is 12.1 Å². The van der Waals surface area contributed by atoms with Crippen molar-refractivity contribution in [1.29, 1.82) is 0 Å². The first-order valence-corrected chi connectivity index (χ1v) is 12.0. The average Bonchev–Trinajstić information content (AvgIpc) is 3.27. The summed E-state index contributed by atoms with van der Waals surface area (Å²) in [6, 6.07) is 11.2. The summed E-state index contributed by atoms with van der Waals surface area (Å²) >= 11 is 1.28. The highest BCUT2D eigenvalue weighted by Gasteiger charge is 2.24. The molecule has 0 saturated carbocycles. The largest absolute Gasteiger partial charge is 0.366 e. The van der Waals surface area contributed by atoms with Crippen LogP contribution in [0.1, 0.15) is 27.6 Å². The van der Waals surface area contributed by atoms with Gasteiger partial charge in [0.25, 0.3) is 5.91 Å². The number of thioether (sulfide) groups is 1. The molecule has 0 radical (unpaired) electrons. The average molecular weight is 497 g/mol. The Bertz CT molecular complexity index is 1240. The lowest BCUT2D eigenvalue weighted by Crippen LogP contribution is -2.49. The number of nitrogens with zero attached hydrogens (tertiary/aromatic N) is 5. The van der Waals surface area contributed by atoms with Crippen molar-refractivity contribution in [2.24, 2.45) is 7.05 Å². The standard InChI is InChI=1S/C24H25FN6O3S/c1-16(32)18-5-8-21(20(25)13-18)30-9-11-31(12-10-30)23(34)17-3-6-19(7-4-17)27-22(33)14-35-24-28-26-15-29(24)2/h3-8,13,15H,9-12,14H2,1-2H3,(H,27,33). The number of hydrogen-bond donors (Lipinski definition) is 1. The van der Waals surface area contributed by atoms with Gasteiger partial charge >= 0.3 is 0 Å². The van der Waals surface area contributed by atoms with Gasteiger partial charge in [-0.15, -0.1) is 10.2 Å². The SMILES string of the molecule is CC(=O)c1ccc(N2CCN(C(=O)c3ccc(NC(=O)CSc4nncn4C)cc3)CC2)c(F)c1. The van der Waals surface area contributed by atoms with Crippen LogP contribution in [0, 0.1) is 5.82 Å². The molecule has 4 rings (SSSR count). The van der Waals surface area contributed by atoms with Gasteiger partial charge in [0, 0.05) is 50.0 Å². The van der Waals surface area contributed by atoms with Gasteiger partial charge in [-0.3, -0.25) is 14.4 Å². The summed E-state index contributed by atoms with van der Waals surface area (Å²) < 4.78 is 16.2. The Morgan fingerprint density at radius 3 is 2.31 bits per heavy atom. The second-order valence-corrected chi connectivity index (χ2v) is 9.08. The van der Waals surface area contributed by atoms with Gasteiger partial charge in [0.15, 0.2) is 10.9 Å². The number of carbonyl (C=O) groups is 3. The smallest absolute Gasteiger partial charge is 0.253 e. The molecule has 35 heavy (non-hydrogen) atoms. The van der Waals surface area contributed by atoms with E-state index in [1.807, 2.05) is 4.90 Å². The number of anilines is 2. The van der Waals surface area contributed by atoms with Gasteiger partial charge in [-0.25, -0.2) is 4.39 Å². The molecule has 1 saturated heterocycles. The normalized spacial score (nSPS) is 13.6. The van der Waals surface area contributed by atoms with Crippen LogP contribution in [-0.4, -0.2) is 69.2 Å². The van der Waals surface area contributed by atoms with Crippen molar-refractivity contribution < 1.29 is 18.8 Å². The van der Waals surface area contributed by atoms with E-state index in [0.29, 0.717) is 53.8 Å². The maximum Gasteiger partial charge on any atom is 0.253 e. The maximum absolute atomic E-state index is 14.5. The minimum absolute atomic E-state index is 0.118. The Hall–Kier alpha value is -3.73. The molecule has 2 amide bonds. The number of piperazine rings is 1. The lowest BCUT2D eigenvalue weighted by molar-refractivity contribution is -0.113. The predicted octanol–water partition coefficient (Wildman–Crippen LogP) is 2.85. The van der Waals surface area contributed by atoms with Gasteiger partial charge in [-0.1, -0.05) is 11.8 Å². The zero-order chi connectivity index (χ0) is 24.9. The van der Waals surface area contributed by atoms with Crippen LogP contribution in [0.25, 0.3) is 0 Å². The highest BCUT2D eigenvalue weighted by atomic mass is 32.2. The van der Waals surface area contributed by atoms with E-state index in [1.165, 1.54) is 24.8 Å². The van der Waals surface area contributed by atoms with E-state index in [0.717, 1.165) is 0 Å². The number of Topliss-reactive ketones (excluding diaryl/α,β-unsaturated/α-hetero) is 1. The minimum atomic E-state index is -0.440. The monoisotopic (exact) mass is 496 g/mol. The lowest BCUT2D eigenvalue weighted by Gasteiger charge is -2.36. The zero-order valence-corrected chi connectivity index (χ0v) is 20.2. The first kappa shape index (κ1) is 24.4. The van der Waals surface area contributed by atoms with Crippen molar-refractivity contribution in [3.05, 3.63) is 65.7 Å². The number of aromatic nitrogens is 3. The summed E-state index contributed by atoms with van der Waals surface area (Å²) in [5.41, 5.74) is 1.88. The molecular weight excluding hydrogens is 471 g/mol. The Kier molecular flexibility index (Phi) is 7.45. The number of aryl methyl sites for hydroxylation is 1. The number of rotatable bonds is 7. The number of carbonyl (C=O) groups excluding carboxylic acids is 3. The molecule has 0 aliphatic carbocycles. The van der Waals surface area contributed by atoms with Gasteiger partial charge in [0.1, 0.15) is 12.1 Å². The van der Waals surface area contributed by atoms with Gasteiger partial charge in [-0.05, 0) is 49.4 Å². The summed E-state index contributed by atoms with van der Waals surface area (Å²) in [5.74, 6) is -0.734. The zero-order valence-electron chi connectivity index (χ0n) is 19.4. The van der Waals surface area contributed by atoms with Crippen molar-refractivity contribution >= 4 is 40.7 Å². The molecule has 2 heterocycles. The number of nitrogens with one attached hydrogen (secondary N) is 1. The Morgan fingerprint density at radius 2 is 1.71 bits per heavy atom. The molecule has 1 aliphatic heterocycles. The summed E-state index contributed by atoms with van der Waals surface area (Å²) in [6.45, 7) is 3.27. The van der Waals surface area contributed by atoms with Crippen LogP contribution in [0.3, 0.4) is 0 Å². The molecular formula is C24H25FN6O3S. The van der Waals surface area contributed by atoms with Crippen LogP contribution in [0.2, 0.25) is 0 Å². The first-order chi connectivity index (χ1) is 16.8. The van der Waals surface area contributed by atoms with Crippen molar-refractivity contribution in [3.8, 4) is 0 Å². The third kappa shape index (κ3) is 5.86. The quantitative estimate of drug-likeness (QED) is 0.397. The molecule has 0 atom stereocenters. The number of halogens is 1. The van der Waals surface area contributed by atoms with Crippen LogP contribution in [0.5, 0.6) is 0 Å². The second-order valence-electron chi connectivity index (χ2n) is 8.14. The molecule has 0 spiro atoms. The minimum Gasteiger partial charge on any atom is -0.366 e. The van der Waals surface area contributed by atoms with Gasteiger partial charge < -0.3 is 19.7 Å². The van der Waals surface area contributed by atoms with E-state index < -0.39 is 5.82 Å². The molecule has 182 valence electrons. The third-order valence-electron chi connectivity index (χ3n) is 5.68. The first-order valence-electron chi connectivity index (χ1n) is 11.0. The van der Waals surface area contributed by atoms with E-state index in [2.05, 4.69) is 15.5 Å². The maximum atomic E-state index is 14.5. The van der Waals surface area contributed by atoms with Crippen molar-refractivity contribution in [3.63, 3.8) is 0 Å². The molecule has 1 aromatic heterocycles.